The molecule has 0 spiro atoms. The van der Waals surface area contributed by atoms with E-state index in [0.29, 0.717) is 18.7 Å². The summed E-state index contributed by atoms with van der Waals surface area (Å²) in [5.74, 6) is -0.0375. The molecule has 2 heterocycles. The third kappa shape index (κ3) is 3.59. The third-order valence-corrected chi connectivity index (χ3v) is 5.97. The van der Waals surface area contributed by atoms with Gasteiger partial charge in [-0.2, -0.15) is 4.72 Å². The molecule has 0 radical (unpaired) electrons. The number of nitrogens with one attached hydrogen (secondary N) is 1. The lowest BCUT2D eigenvalue weighted by atomic mass is 10.1. The molecule has 1 aliphatic rings. The van der Waals surface area contributed by atoms with Crippen molar-refractivity contribution in [2.75, 3.05) is 13.1 Å². The van der Waals surface area contributed by atoms with Crippen LogP contribution in [0.15, 0.2) is 39.8 Å². The summed E-state index contributed by atoms with van der Waals surface area (Å²) in [4.78, 5) is 14.6. The zero-order valence-electron chi connectivity index (χ0n) is 14.2. The highest BCUT2D eigenvalue weighted by Gasteiger charge is 2.34. The highest BCUT2D eigenvalue weighted by Crippen LogP contribution is 2.24. The minimum Gasteiger partial charge on any atom is -0.360 e. The topological polar surface area (TPSA) is 92.5 Å². The first kappa shape index (κ1) is 17.6. The van der Waals surface area contributed by atoms with Gasteiger partial charge in [0.1, 0.15) is 16.6 Å². The number of carbonyl (C=O) groups is 1. The first-order valence-electron chi connectivity index (χ1n) is 8.19. The summed E-state index contributed by atoms with van der Waals surface area (Å²) in [5.41, 5.74) is 0.875. The lowest BCUT2D eigenvalue weighted by molar-refractivity contribution is -0.132. The minimum atomic E-state index is -3.95. The Bertz CT molecular complexity index is 836. The van der Waals surface area contributed by atoms with E-state index >= 15 is 0 Å². The number of hydrogen-bond donors (Lipinski definition) is 1. The van der Waals surface area contributed by atoms with Crippen LogP contribution in [0.4, 0.5) is 0 Å². The Morgan fingerprint density at radius 3 is 2.40 bits per heavy atom. The molecule has 7 nitrogen and oxygen atoms in total. The molecule has 25 heavy (non-hydrogen) atoms. The molecule has 0 aliphatic carbocycles. The summed E-state index contributed by atoms with van der Waals surface area (Å²) in [7, 11) is -3.95. The molecule has 134 valence electrons. The molecule has 1 amide bonds. The van der Waals surface area contributed by atoms with Gasteiger partial charge in [-0.25, -0.2) is 8.42 Å². The first-order valence-corrected chi connectivity index (χ1v) is 9.67. The summed E-state index contributed by atoms with van der Waals surface area (Å²) in [6, 6.07) is 7.90. The SMILES string of the molecule is Cc1noc(C)c1S(=O)(=O)N[C@H](C(=O)N1CCCC1)c1ccccc1. The van der Waals surface area contributed by atoms with Crippen LogP contribution in [0.1, 0.15) is 35.9 Å². The van der Waals surface area contributed by atoms with Crippen LogP contribution >= 0.6 is 0 Å². The van der Waals surface area contributed by atoms with Gasteiger partial charge >= 0.3 is 0 Å². The standard InChI is InChI=1S/C17H21N3O4S/c1-12-16(13(2)24-18-12)25(22,23)19-15(14-8-4-3-5-9-14)17(21)20-10-6-7-11-20/h3-5,8-9,15,19H,6-7,10-11H2,1-2H3/t15-/m0/s1. The third-order valence-electron chi connectivity index (χ3n) is 4.31. The van der Waals surface area contributed by atoms with E-state index in [2.05, 4.69) is 9.88 Å². The van der Waals surface area contributed by atoms with Gasteiger partial charge in [0.25, 0.3) is 0 Å². The van der Waals surface area contributed by atoms with Crippen LogP contribution in [-0.4, -0.2) is 37.5 Å². The minimum absolute atomic E-state index is 0.0114. The van der Waals surface area contributed by atoms with Crippen LogP contribution in [0, 0.1) is 13.8 Å². The second-order valence-electron chi connectivity index (χ2n) is 6.15. The van der Waals surface area contributed by atoms with Crippen molar-refractivity contribution in [3.05, 3.63) is 47.3 Å². The van der Waals surface area contributed by atoms with Gasteiger partial charge in [-0.1, -0.05) is 35.5 Å². The van der Waals surface area contributed by atoms with Gasteiger partial charge < -0.3 is 9.42 Å². The van der Waals surface area contributed by atoms with Crippen LogP contribution in [0.5, 0.6) is 0 Å². The molecule has 2 aromatic rings. The van der Waals surface area contributed by atoms with Crippen molar-refractivity contribution in [2.24, 2.45) is 0 Å². The van der Waals surface area contributed by atoms with Crippen molar-refractivity contribution in [1.29, 1.82) is 0 Å². The monoisotopic (exact) mass is 363 g/mol. The molecule has 1 saturated heterocycles. The molecule has 8 heteroatoms. The van der Waals surface area contributed by atoms with Gasteiger partial charge in [-0.05, 0) is 32.3 Å². The number of carbonyl (C=O) groups excluding carboxylic acids is 1. The van der Waals surface area contributed by atoms with Crippen LogP contribution in [0.2, 0.25) is 0 Å². The van der Waals surface area contributed by atoms with Gasteiger partial charge in [0.15, 0.2) is 5.76 Å². The van der Waals surface area contributed by atoms with Crippen LogP contribution in [-0.2, 0) is 14.8 Å². The largest absolute Gasteiger partial charge is 0.360 e. The van der Waals surface area contributed by atoms with Crippen molar-refractivity contribution in [2.45, 2.75) is 37.6 Å². The number of amides is 1. The molecule has 1 atom stereocenters. The van der Waals surface area contributed by atoms with Gasteiger partial charge in [-0.3, -0.25) is 4.79 Å². The smallest absolute Gasteiger partial charge is 0.247 e. The number of sulfonamides is 1. The van der Waals surface area contributed by atoms with Crippen molar-refractivity contribution in [3.63, 3.8) is 0 Å². The zero-order valence-corrected chi connectivity index (χ0v) is 15.0. The number of hydrogen-bond acceptors (Lipinski definition) is 5. The molecule has 0 unspecified atom stereocenters. The molecule has 1 N–H and O–H groups in total. The molecule has 1 aromatic carbocycles. The van der Waals surface area contributed by atoms with E-state index in [1.807, 2.05) is 6.07 Å². The Morgan fingerprint density at radius 1 is 1.20 bits per heavy atom. The fourth-order valence-electron chi connectivity index (χ4n) is 3.10. The van der Waals surface area contributed by atoms with Crippen molar-refractivity contribution in [1.82, 2.24) is 14.8 Å². The Hall–Kier alpha value is -2.19. The van der Waals surface area contributed by atoms with Crippen molar-refractivity contribution in [3.8, 4) is 0 Å². The molecular weight excluding hydrogens is 342 g/mol. The van der Waals surface area contributed by atoms with Crippen LogP contribution < -0.4 is 4.72 Å². The predicted octanol–water partition coefficient (Wildman–Crippen LogP) is 1.93. The molecule has 1 aromatic heterocycles. The normalized spacial score (nSPS) is 16.2. The zero-order chi connectivity index (χ0) is 18.0. The van der Waals surface area contributed by atoms with Crippen molar-refractivity contribution >= 4 is 15.9 Å². The molecule has 3 rings (SSSR count). The number of nitrogens with zero attached hydrogens (tertiary/aromatic N) is 2. The average Bonchev–Trinajstić information content (AvgIpc) is 3.23. The molecule has 0 bridgehead atoms. The highest BCUT2D eigenvalue weighted by molar-refractivity contribution is 7.89. The molecule has 0 saturated carbocycles. The summed E-state index contributed by atoms with van der Waals surface area (Å²) in [6.07, 6.45) is 1.87. The maximum absolute atomic E-state index is 12.9. The maximum Gasteiger partial charge on any atom is 0.247 e. The summed E-state index contributed by atoms with van der Waals surface area (Å²) >= 11 is 0. The van der Waals surface area contributed by atoms with Gasteiger partial charge in [0.05, 0.1) is 0 Å². The fourth-order valence-corrected chi connectivity index (χ4v) is 4.61. The fraction of sp³-hybridized carbons (Fsp3) is 0.412. The first-order chi connectivity index (χ1) is 11.9. The predicted molar refractivity (Wildman–Crippen MR) is 91.3 cm³/mol. The summed E-state index contributed by atoms with van der Waals surface area (Å²) in [6.45, 7) is 4.39. The van der Waals surface area contributed by atoms with Crippen LogP contribution in [0.3, 0.4) is 0 Å². The Morgan fingerprint density at radius 2 is 1.84 bits per heavy atom. The number of rotatable bonds is 5. The molecule has 1 fully saturated rings. The van der Waals surface area contributed by atoms with Crippen LogP contribution in [0.25, 0.3) is 0 Å². The Labute approximate surface area is 147 Å². The maximum atomic E-state index is 12.9. The second-order valence-corrected chi connectivity index (χ2v) is 7.80. The quantitative estimate of drug-likeness (QED) is 0.876. The highest BCUT2D eigenvalue weighted by atomic mass is 32.2. The van der Waals surface area contributed by atoms with Crippen molar-refractivity contribution < 1.29 is 17.7 Å². The lowest BCUT2D eigenvalue weighted by Crippen LogP contribution is -2.42. The molecule has 1 aliphatic heterocycles. The van der Waals surface area contributed by atoms with E-state index < -0.39 is 16.1 Å². The molecular formula is C17H21N3O4S. The van der Waals surface area contributed by atoms with Gasteiger partial charge in [0.2, 0.25) is 15.9 Å². The number of benzene rings is 1. The van der Waals surface area contributed by atoms with E-state index in [0.717, 1.165) is 12.8 Å². The summed E-state index contributed by atoms with van der Waals surface area (Å²) in [5, 5.41) is 3.70. The van der Waals surface area contributed by atoms with E-state index in [4.69, 9.17) is 4.52 Å². The van der Waals surface area contributed by atoms with E-state index in [9.17, 15) is 13.2 Å². The Balaban J connectivity index is 1.96. The average molecular weight is 363 g/mol. The lowest BCUT2D eigenvalue weighted by Gasteiger charge is -2.24. The van der Waals surface area contributed by atoms with E-state index in [1.165, 1.54) is 6.92 Å². The number of aromatic nitrogens is 1. The van der Waals surface area contributed by atoms with E-state index in [-0.39, 0.29) is 22.3 Å². The number of likely N-dealkylation sites (tertiary alicyclic amines) is 1. The Kier molecular flexibility index (Phi) is 4.91. The van der Waals surface area contributed by atoms with E-state index in [1.54, 1.807) is 36.1 Å². The number of aryl methyl sites for hydroxylation is 2. The van der Waals surface area contributed by atoms with Gasteiger partial charge in [-0.15, -0.1) is 0 Å². The van der Waals surface area contributed by atoms with Gasteiger partial charge in [0, 0.05) is 13.1 Å². The second kappa shape index (κ2) is 6.97. The summed E-state index contributed by atoms with van der Waals surface area (Å²) < 4.78 is 33.2.